The second-order valence-electron chi connectivity index (χ2n) is 8.41. The van der Waals surface area contributed by atoms with E-state index in [1.165, 1.54) is 0 Å². The number of benzene rings is 1. The summed E-state index contributed by atoms with van der Waals surface area (Å²) in [5.41, 5.74) is 0.0603. The lowest BCUT2D eigenvalue weighted by Crippen LogP contribution is -2.70. The molecule has 0 aliphatic carbocycles. The lowest BCUT2D eigenvalue weighted by molar-refractivity contribution is -0.168. The van der Waals surface area contributed by atoms with Crippen molar-refractivity contribution >= 4 is 29.2 Å². The minimum Gasteiger partial charge on any atom is -0.354 e. The second-order valence-corrected chi connectivity index (χ2v) is 8.85. The molecule has 30 heavy (non-hydrogen) atoms. The van der Waals surface area contributed by atoms with Gasteiger partial charge in [0.25, 0.3) is 5.91 Å². The number of pyridine rings is 1. The normalized spacial score (nSPS) is 23.0. The molecule has 2 atom stereocenters. The van der Waals surface area contributed by atoms with Gasteiger partial charge in [-0.2, -0.15) is 0 Å². The third-order valence-electron chi connectivity index (χ3n) is 6.28. The highest BCUT2D eigenvalue weighted by Crippen LogP contribution is 2.41. The number of amides is 2. The first-order chi connectivity index (χ1) is 14.3. The Morgan fingerprint density at radius 2 is 1.80 bits per heavy atom. The fourth-order valence-electron chi connectivity index (χ4n) is 4.70. The first-order valence-corrected chi connectivity index (χ1v) is 10.8. The predicted octanol–water partition coefficient (Wildman–Crippen LogP) is 3.52. The van der Waals surface area contributed by atoms with Gasteiger partial charge in [-0.05, 0) is 57.0 Å². The number of anilines is 1. The third kappa shape index (κ3) is 3.43. The summed E-state index contributed by atoms with van der Waals surface area (Å²) in [6.45, 7) is 7.14. The molecule has 1 spiro atoms. The molecule has 0 bridgehead atoms. The summed E-state index contributed by atoms with van der Waals surface area (Å²) in [7, 11) is 0. The zero-order valence-corrected chi connectivity index (χ0v) is 18.3. The molecule has 3 heterocycles. The van der Waals surface area contributed by atoms with Crippen LogP contribution in [0.2, 0.25) is 5.02 Å². The summed E-state index contributed by atoms with van der Waals surface area (Å²) in [4.78, 5) is 37.3. The maximum absolute atomic E-state index is 13.8. The fraction of sp³-hybridized carbons (Fsp3) is 0.435. The molecule has 4 rings (SSSR count). The molecule has 2 aliphatic rings. The van der Waals surface area contributed by atoms with Crippen molar-refractivity contribution in [3.63, 3.8) is 0 Å². The van der Waals surface area contributed by atoms with Crippen molar-refractivity contribution in [1.82, 2.24) is 14.8 Å². The van der Waals surface area contributed by atoms with Crippen molar-refractivity contribution in [2.75, 3.05) is 24.5 Å². The average Bonchev–Trinajstić information content (AvgIpc) is 3.17. The molecule has 2 unspecified atom stereocenters. The van der Waals surface area contributed by atoms with Crippen LogP contribution < -0.4 is 4.90 Å². The van der Waals surface area contributed by atoms with Gasteiger partial charge in [-0.25, -0.2) is 4.98 Å². The largest absolute Gasteiger partial charge is 0.354 e. The maximum Gasteiger partial charge on any atom is 0.251 e. The van der Waals surface area contributed by atoms with E-state index in [4.69, 9.17) is 11.6 Å². The smallest absolute Gasteiger partial charge is 0.251 e. The summed E-state index contributed by atoms with van der Waals surface area (Å²) >= 11 is 6.06. The number of carbonyl (C=O) groups excluding carboxylic acids is 2. The van der Waals surface area contributed by atoms with Crippen molar-refractivity contribution in [2.45, 2.75) is 44.8 Å². The van der Waals surface area contributed by atoms with Gasteiger partial charge in [-0.15, -0.1) is 0 Å². The minimum absolute atomic E-state index is 0.0198. The van der Waals surface area contributed by atoms with Crippen LogP contribution >= 0.6 is 11.6 Å². The van der Waals surface area contributed by atoms with Crippen LogP contribution in [-0.4, -0.2) is 57.8 Å². The highest BCUT2D eigenvalue weighted by Gasteiger charge is 2.57. The molecule has 6 nitrogen and oxygen atoms in total. The maximum atomic E-state index is 13.8. The lowest BCUT2D eigenvalue weighted by Gasteiger charge is -2.51. The Morgan fingerprint density at radius 1 is 1.07 bits per heavy atom. The van der Waals surface area contributed by atoms with E-state index < -0.39 is 5.54 Å². The number of nitrogens with zero attached hydrogens (tertiary/aromatic N) is 4. The number of piperazine rings is 1. The molecule has 158 valence electrons. The number of aromatic nitrogens is 1. The molecule has 0 radical (unpaired) electrons. The van der Waals surface area contributed by atoms with Crippen LogP contribution in [0.4, 0.5) is 5.82 Å². The molecular weight excluding hydrogens is 400 g/mol. The van der Waals surface area contributed by atoms with E-state index in [0.717, 1.165) is 11.4 Å². The molecular formula is C23H27ClN4O2. The van der Waals surface area contributed by atoms with E-state index in [2.05, 4.69) is 9.88 Å². The molecule has 2 fully saturated rings. The van der Waals surface area contributed by atoms with Gasteiger partial charge in [0.2, 0.25) is 5.91 Å². The van der Waals surface area contributed by atoms with Gasteiger partial charge in [0.15, 0.2) is 0 Å². The van der Waals surface area contributed by atoms with Gasteiger partial charge < -0.3 is 14.7 Å². The monoisotopic (exact) mass is 426 g/mol. The molecule has 1 aromatic carbocycles. The Hall–Kier alpha value is -2.60. The quantitative estimate of drug-likeness (QED) is 0.750. The summed E-state index contributed by atoms with van der Waals surface area (Å²) in [5, 5.41) is 0.648. The number of halogens is 1. The van der Waals surface area contributed by atoms with E-state index in [1.54, 1.807) is 11.1 Å². The van der Waals surface area contributed by atoms with Crippen LogP contribution in [0, 0.1) is 0 Å². The molecule has 1 aromatic heterocycles. The second kappa shape index (κ2) is 7.91. The number of rotatable bonds is 4. The zero-order chi connectivity index (χ0) is 21.5. The van der Waals surface area contributed by atoms with Crippen molar-refractivity contribution in [3.8, 4) is 0 Å². The van der Waals surface area contributed by atoms with Crippen LogP contribution in [0.3, 0.4) is 0 Å². The number of hydrogen-bond acceptors (Lipinski definition) is 4. The summed E-state index contributed by atoms with van der Waals surface area (Å²) in [6.07, 6.45) is 2.33. The van der Waals surface area contributed by atoms with E-state index in [1.807, 2.05) is 68.1 Å². The molecule has 7 heteroatoms. The summed E-state index contributed by atoms with van der Waals surface area (Å²) in [6, 6.07) is 13.0. The van der Waals surface area contributed by atoms with Gasteiger partial charge in [-0.3, -0.25) is 9.59 Å². The van der Waals surface area contributed by atoms with Crippen molar-refractivity contribution in [1.29, 1.82) is 0 Å². The SMILES string of the molecule is CC(C)N1CC(=O)N(C(C)c2ccc(Cl)cc2)C2(CCN(c3ccccn3)C2)C1=O. The Bertz CT molecular complexity index is 934. The first-order valence-electron chi connectivity index (χ1n) is 10.4. The first kappa shape index (κ1) is 20.7. The lowest BCUT2D eigenvalue weighted by atomic mass is 9.87. The van der Waals surface area contributed by atoms with Crippen LogP contribution in [0.5, 0.6) is 0 Å². The highest BCUT2D eigenvalue weighted by atomic mass is 35.5. The standard InChI is InChI=1S/C23H27ClN4O2/c1-16(2)27-14-21(29)28(17(3)18-7-9-19(24)10-8-18)23(22(27)30)11-13-26(15-23)20-6-4-5-12-25-20/h4-10,12,16-17H,11,13-15H2,1-3H3. The van der Waals surface area contributed by atoms with Crippen LogP contribution in [0.25, 0.3) is 0 Å². The summed E-state index contributed by atoms with van der Waals surface area (Å²) < 4.78 is 0. The van der Waals surface area contributed by atoms with Gasteiger partial charge in [0, 0.05) is 23.8 Å². The number of hydrogen-bond donors (Lipinski definition) is 0. The highest BCUT2D eigenvalue weighted by molar-refractivity contribution is 6.30. The van der Waals surface area contributed by atoms with Crippen LogP contribution in [0.15, 0.2) is 48.7 Å². The van der Waals surface area contributed by atoms with Crippen molar-refractivity contribution in [3.05, 3.63) is 59.2 Å². The van der Waals surface area contributed by atoms with Gasteiger partial charge in [0.05, 0.1) is 12.6 Å². The van der Waals surface area contributed by atoms with E-state index >= 15 is 0 Å². The Morgan fingerprint density at radius 3 is 2.43 bits per heavy atom. The topological polar surface area (TPSA) is 56.8 Å². The van der Waals surface area contributed by atoms with Crippen LogP contribution in [0.1, 0.15) is 38.8 Å². The van der Waals surface area contributed by atoms with E-state index in [0.29, 0.717) is 24.5 Å². The summed E-state index contributed by atoms with van der Waals surface area (Å²) in [5.74, 6) is 0.834. The van der Waals surface area contributed by atoms with Gasteiger partial charge >= 0.3 is 0 Å². The third-order valence-corrected chi connectivity index (χ3v) is 6.53. The Kier molecular flexibility index (Phi) is 5.45. The number of carbonyl (C=O) groups is 2. The molecule has 2 aromatic rings. The zero-order valence-electron chi connectivity index (χ0n) is 17.6. The van der Waals surface area contributed by atoms with Gasteiger partial charge in [-0.1, -0.05) is 29.8 Å². The fourth-order valence-corrected chi connectivity index (χ4v) is 4.82. The predicted molar refractivity (Wildman–Crippen MR) is 117 cm³/mol. The van der Waals surface area contributed by atoms with Crippen molar-refractivity contribution in [2.24, 2.45) is 0 Å². The average molecular weight is 427 g/mol. The van der Waals surface area contributed by atoms with Crippen LogP contribution in [-0.2, 0) is 9.59 Å². The van der Waals surface area contributed by atoms with E-state index in [9.17, 15) is 9.59 Å². The Labute approximate surface area is 182 Å². The minimum atomic E-state index is -0.907. The van der Waals surface area contributed by atoms with E-state index in [-0.39, 0.29) is 30.4 Å². The van der Waals surface area contributed by atoms with Crippen molar-refractivity contribution < 1.29 is 9.59 Å². The molecule has 0 N–H and O–H groups in total. The molecule has 2 saturated heterocycles. The molecule has 2 amide bonds. The van der Waals surface area contributed by atoms with Gasteiger partial charge in [0.1, 0.15) is 17.9 Å². The Balaban J connectivity index is 1.74. The molecule has 2 aliphatic heterocycles. The molecule has 0 saturated carbocycles.